The molecule has 156 valence electrons. The van der Waals surface area contributed by atoms with E-state index in [-0.39, 0.29) is 36.2 Å². The predicted molar refractivity (Wildman–Crippen MR) is 101 cm³/mol. The van der Waals surface area contributed by atoms with Crippen LogP contribution in [0.4, 0.5) is 13.2 Å². The Balaban J connectivity index is 0.00000280. The van der Waals surface area contributed by atoms with E-state index in [2.05, 4.69) is 10.6 Å². The average molecular weight is 420 g/mol. The summed E-state index contributed by atoms with van der Waals surface area (Å²) in [5, 5.41) is 6.08. The Kier molecular flexibility index (Phi) is 6.66. The smallest absolute Gasteiger partial charge is 0.367 e. The lowest BCUT2D eigenvalue weighted by molar-refractivity contribution is -0.138. The number of hydrogen-bond donors (Lipinski definition) is 3. The lowest BCUT2D eigenvalue weighted by Gasteiger charge is -2.32. The van der Waals surface area contributed by atoms with Crippen LogP contribution in [0.1, 0.15) is 50.2 Å². The van der Waals surface area contributed by atoms with Crippen LogP contribution in [0.5, 0.6) is 0 Å². The molecule has 2 aliphatic rings. The average Bonchev–Trinajstić information content (AvgIpc) is 2.92. The molecule has 28 heavy (non-hydrogen) atoms. The van der Waals surface area contributed by atoms with Gasteiger partial charge in [-0.15, -0.1) is 12.4 Å². The molecule has 0 radical (unpaired) electrons. The number of carbonyl (C=O) groups is 2. The molecule has 1 aromatic rings. The summed E-state index contributed by atoms with van der Waals surface area (Å²) in [6, 6.07) is 5.19. The number of benzene rings is 1. The van der Waals surface area contributed by atoms with Gasteiger partial charge in [-0.3, -0.25) is 9.59 Å². The summed E-state index contributed by atoms with van der Waals surface area (Å²) in [6.45, 7) is 1.34. The normalized spacial score (nSPS) is 26.1. The third-order valence-electron chi connectivity index (χ3n) is 5.69. The van der Waals surface area contributed by atoms with E-state index in [1.165, 1.54) is 19.1 Å². The molecular weight excluding hydrogens is 395 g/mol. The number of halogens is 4. The molecule has 0 aliphatic carbocycles. The van der Waals surface area contributed by atoms with Crippen molar-refractivity contribution in [2.75, 3.05) is 0 Å². The molecule has 9 heteroatoms. The first-order valence-corrected chi connectivity index (χ1v) is 9.12. The van der Waals surface area contributed by atoms with Gasteiger partial charge in [-0.1, -0.05) is 12.1 Å². The zero-order chi connectivity index (χ0) is 19.8. The van der Waals surface area contributed by atoms with Crippen LogP contribution in [-0.2, 0) is 21.3 Å². The predicted octanol–water partition coefficient (Wildman–Crippen LogP) is 2.86. The van der Waals surface area contributed by atoms with Crippen LogP contribution in [0.2, 0.25) is 0 Å². The Morgan fingerprint density at radius 2 is 1.75 bits per heavy atom. The minimum absolute atomic E-state index is 0. The van der Waals surface area contributed by atoms with Gasteiger partial charge in [0, 0.05) is 18.5 Å². The molecule has 0 saturated carbocycles. The van der Waals surface area contributed by atoms with Crippen LogP contribution in [0.25, 0.3) is 0 Å². The molecule has 3 rings (SSSR count). The van der Waals surface area contributed by atoms with Crippen LogP contribution in [0.3, 0.4) is 0 Å². The van der Waals surface area contributed by atoms with Gasteiger partial charge in [0.15, 0.2) is 0 Å². The summed E-state index contributed by atoms with van der Waals surface area (Å²) in [6.07, 6.45) is -0.330. The largest absolute Gasteiger partial charge is 0.416 e. The molecule has 2 aliphatic heterocycles. The number of rotatable bonds is 5. The van der Waals surface area contributed by atoms with Crippen molar-refractivity contribution in [3.8, 4) is 0 Å². The Hall–Kier alpha value is -1.80. The Morgan fingerprint density at radius 3 is 2.29 bits per heavy atom. The summed E-state index contributed by atoms with van der Waals surface area (Å²) in [5.74, 6) is -1.08. The molecule has 4 N–H and O–H groups in total. The van der Waals surface area contributed by atoms with Crippen molar-refractivity contribution in [1.82, 2.24) is 10.6 Å². The molecule has 2 amide bonds. The molecule has 3 unspecified atom stereocenters. The molecule has 2 heterocycles. The second kappa shape index (κ2) is 8.29. The number of primary amides is 1. The number of alkyl halides is 3. The van der Waals surface area contributed by atoms with Crippen molar-refractivity contribution in [2.45, 2.75) is 62.8 Å². The van der Waals surface area contributed by atoms with Crippen molar-refractivity contribution >= 4 is 24.2 Å². The molecular formula is C19H25ClF3N3O2. The highest BCUT2D eigenvalue weighted by Gasteiger charge is 2.39. The fraction of sp³-hybridized carbons (Fsp3) is 0.579. The number of fused-ring (bicyclic) bond motifs is 2. The molecule has 1 aromatic carbocycles. The van der Waals surface area contributed by atoms with E-state index >= 15 is 0 Å². The zero-order valence-corrected chi connectivity index (χ0v) is 16.3. The van der Waals surface area contributed by atoms with E-state index < -0.39 is 23.2 Å². The molecule has 2 bridgehead atoms. The zero-order valence-electron chi connectivity index (χ0n) is 15.5. The fourth-order valence-electron chi connectivity index (χ4n) is 4.22. The van der Waals surface area contributed by atoms with E-state index in [4.69, 9.17) is 5.73 Å². The van der Waals surface area contributed by atoms with E-state index in [9.17, 15) is 22.8 Å². The van der Waals surface area contributed by atoms with Crippen LogP contribution in [0, 0.1) is 5.92 Å². The molecule has 2 fully saturated rings. The highest BCUT2D eigenvalue weighted by Crippen LogP contribution is 2.34. The van der Waals surface area contributed by atoms with Gasteiger partial charge in [0.25, 0.3) is 0 Å². The number of amides is 2. The summed E-state index contributed by atoms with van der Waals surface area (Å²) >= 11 is 0. The number of hydrogen-bond acceptors (Lipinski definition) is 3. The molecule has 0 spiro atoms. The van der Waals surface area contributed by atoms with Gasteiger partial charge in [-0.2, -0.15) is 13.2 Å². The van der Waals surface area contributed by atoms with Gasteiger partial charge >= 0.3 is 6.18 Å². The maximum atomic E-state index is 13.0. The monoisotopic (exact) mass is 419 g/mol. The Labute approximate surface area is 168 Å². The lowest BCUT2D eigenvalue weighted by Crippen LogP contribution is -2.53. The first kappa shape index (κ1) is 22.5. The third-order valence-corrected chi connectivity index (χ3v) is 5.69. The molecule has 0 aromatic heterocycles. The second-order valence-electron chi connectivity index (χ2n) is 7.80. The number of nitrogens with two attached hydrogens (primary N) is 1. The number of nitrogens with one attached hydrogen (secondary N) is 2. The van der Waals surface area contributed by atoms with Crippen molar-refractivity contribution in [1.29, 1.82) is 0 Å². The van der Waals surface area contributed by atoms with Gasteiger partial charge in [0.1, 0.15) is 5.54 Å². The summed E-state index contributed by atoms with van der Waals surface area (Å²) in [4.78, 5) is 24.6. The second-order valence-corrected chi connectivity index (χ2v) is 7.80. The van der Waals surface area contributed by atoms with Gasteiger partial charge in [0.2, 0.25) is 11.8 Å². The minimum Gasteiger partial charge on any atom is -0.367 e. The van der Waals surface area contributed by atoms with Crippen LogP contribution < -0.4 is 16.4 Å². The van der Waals surface area contributed by atoms with Crippen LogP contribution >= 0.6 is 12.4 Å². The number of carbonyl (C=O) groups excluding carboxylic acids is 2. The van der Waals surface area contributed by atoms with Crippen molar-refractivity contribution in [3.05, 3.63) is 35.4 Å². The van der Waals surface area contributed by atoms with Crippen molar-refractivity contribution in [2.24, 2.45) is 11.7 Å². The van der Waals surface area contributed by atoms with Crippen LogP contribution in [0.15, 0.2) is 24.3 Å². The highest BCUT2D eigenvalue weighted by molar-refractivity contribution is 5.91. The first-order chi connectivity index (χ1) is 12.6. The highest BCUT2D eigenvalue weighted by atomic mass is 35.5. The van der Waals surface area contributed by atoms with Crippen molar-refractivity contribution < 1.29 is 22.8 Å². The van der Waals surface area contributed by atoms with Gasteiger partial charge in [-0.05, 0) is 56.2 Å². The molecule has 5 nitrogen and oxygen atoms in total. The molecule has 2 saturated heterocycles. The SMILES string of the molecule is CC(NC(=O)CC1CC2CCC(C1)N2)(C(N)=O)c1cccc(C(F)(F)F)c1.Cl. The van der Waals surface area contributed by atoms with Gasteiger partial charge in [-0.25, -0.2) is 0 Å². The first-order valence-electron chi connectivity index (χ1n) is 9.12. The fourth-order valence-corrected chi connectivity index (χ4v) is 4.22. The quantitative estimate of drug-likeness (QED) is 0.686. The Morgan fingerprint density at radius 1 is 1.18 bits per heavy atom. The summed E-state index contributed by atoms with van der Waals surface area (Å²) in [5.41, 5.74) is 2.87. The maximum Gasteiger partial charge on any atom is 0.416 e. The summed E-state index contributed by atoms with van der Waals surface area (Å²) in [7, 11) is 0. The molecule has 3 atom stereocenters. The van der Waals surface area contributed by atoms with E-state index in [0.717, 1.165) is 37.8 Å². The number of piperidine rings is 1. The topological polar surface area (TPSA) is 84.2 Å². The van der Waals surface area contributed by atoms with Gasteiger partial charge < -0.3 is 16.4 Å². The van der Waals surface area contributed by atoms with Crippen LogP contribution in [-0.4, -0.2) is 23.9 Å². The minimum atomic E-state index is -4.55. The van der Waals surface area contributed by atoms with Gasteiger partial charge in [0.05, 0.1) is 5.56 Å². The van der Waals surface area contributed by atoms with E-state index in [1.54, 1.807) is 0 Å². The standard InChI is InChI=1S/C19H24F3N3O2.ClH/c1-18(17(23)27,12-3-2-4-13(10-12)19(20,21)22)25-16(26)9-11-7-14-5-6-15(8-11)24-14;/h2-4,10-11,14-15,24H,5-9H2,1H3,(H2,23,27)(H,25,26);1H. The maximum absolute atomic E-state index is 13.0. The lowest BCUT2D eigenvalue weighted by atomic mass is 9.87. The Bertz CT molecular complexity index is 731. The van der Waals surface area contributed by atoms with E-state index in [1.807, 2.05) is 0 Å². The summed E-state index contributed by atoms with van der Waals surface area (Å²) < 4.78 is 39.0. The van der Waals surface area contributed by atoms with Crippen molar-refractivity contribution in [3.63, 3.8) is 0 Å². The van der Waals surface area contributed by atoms with E-state index in [0.29, 0.717) is 12.1 Å². The third kappa shape index (κ3) is 4.78.